The van der Waals surface area contributed by atoms with E-state index in [2.05, 4.69) is 0 Å². The van der Waals surface area contributed by atoms with Crippen molar-refractivity contribution in [3.05, 3.63) is 66.1 Å². The van der Waals surface area contributed by atoms with Crippen LogP contribution in [0, 0.1) is 5.82 Å². The van der Waals surface area contributed by atoms with Crippen molar-refractivity contribution in [1.82, 2.24) is 9.47 Å². The summed E-state index contributed by atoms with van der Waals surface area (Å²) in [6.07, 6.45) is 1.43. The lowest BCUT2D eigenvalue weighted by atomic mass is 10.2. The largest absolute Gasteiger partial charge is 0.372 e. The standard InChI is InChI=1S/C23H25FN2O4S/c1-16-11-26(12-17(2)30-16)23(27)14-25-13-22(20-8-3-4-9-21(20)25)31(28,29)15-18-6-5-7-19(24)10-18/h3-10,13,16-17H,11-12,14-15H2,1-2H3/t16-,17+. The van der Waals surface area contributed by atoms with Gasteiger partial charge in [-0.1, -0.05) is 30.3 Å². The molecule has 0 saturated carbocycles. The summed E-state index contributed by atoms with van der Waals surface area (Å²) in [5.41, 5.74) is 1.05. The fourth-order valence-electron chi connectivity index (χ4n) is 4.14. The molecule has 31 heavy (non-hydrogen) atoms. The van der Waals surface area contributed by atoms with Gasteiger partial charge in [0, 0.05) is 30.2 Å². The Morgan fingerprint density at radius 1 is 1.10 bits per heavy atom. The van der Waals surface area contributed by atoms with Gasteiger partial charge in [-0.25, -0.2) is 12.8 Å². The van der Waals surface area contributed by atoms with Crippen molar-refractivity contribution in [2.24, 2.45) is 0 Å². The summed E-state index contributed by atoms with van der Waals surface area (Å²) < 4.78 is 47.2. The van der Waals surface area contributed by atoms with Gasteiger partial charge in [0.2, 0.25) is 5.91 Å². The lowest BCUT2D eigenvalue weighted by molar-refractivity contribution is -0.143. The number of carbonyl (C=O) groups is 1. The molecule has 164 valence electrons. The second kappa shape index (κ2) is 8.43. The minimum absolute atomic E-state index is 0.0371. The number of sulfone groups is 1. The van der Waals surface area contributed by atoms with Crippen molar-refractivity contribution in [3.63, 3.8) is 0 Å². The molecule has 1 aromatic heterocycles. The van der Waals surface area contributed by atoms with Crippen LogP contribution in [0.5, 0.6) is 0 Å². The van der Waals surface area contributed by atoms with Crippen molar-refractivity contribution in [2.75, 3.05) is 13.1 Å². The Labute approximate surface area is 181 Å². The Kier molecular flexibility index (Phi) is 5.85. The Morgan fingerprint density at radius 3 is 2.52 bits per heavy atom. The molecule has 8 heteroatoms. The van der Waals surface area contributed by atoms with Gasteiger partial charge in [-0.2, -0.15) is 0 Å². The highest BCUT2D eigenvalue weighted by molar-refractivity contribution is 7.90. The number of hydrogen-bond acceptors (Lipinski definition) is 4. The molecule has 1 fully saturated rings. The predicted molar refractivity (Wildman–Crippen MR) is 116 cm³/mol. The van der Waals surface area contributed by atoms with Gasteiger partial charge >= 0.3 is 0 Å². The van der Waals surface area contributed by atoms with E-state index in [-0.39, 0.29) is 35.3 Å². The first-order chi connectivity index (χ1) is 14.7. The molecular weight excluding hydrogens is 419 g/mol. The monoisotopic (exact) mass is 444 g/mol. The van der Waals surface area contributed by atoms with E-state index in [4.69, 9.17) is 4.74 Å². The van der Waals surface area contributed by atoms with Crippen molar-refractivity contribution >= 4 is 26.6 Å². The average Bonchev–Trinajstić information content (AvgIpc) is 3.06. The lowest BCUT2D eigenvalue weighted by Gasteiger charge is -2.35. The minimum atomic E-state index is -3.75. The number of fused-ring (bicyclic) bond motifs is 1. The van der Waals surface area contributed by atoms with Crippen LogP contribution >= 0.6 is 0 Å². The molecule has 4 rings (SSSR count). The molecule has 1 amide bonds. The van der Waals surface area contributed by atoms with Crippen LogP contribution in [0.25, 0.3) is 10.9 Å². The molecule has 1 aliphatic heterocycles. The number of halogens is 1. The number of rotatable bonds is 5. The zero-order valence-corrected chi connectivity index (χ0v) is 18.3. The highest BCUT2D eigenvalue weighted by atomic mass is 32.2. The van der Waals surface area contributed by atoms with Gasteiger partial charge in [0.05, 0.1) is 22.9 Å². The molecule has 0 radical (unpaired) electrons. The number of aromatic nitrogens is 1. The Morgan fingerprint density at radius 2 is 1.81 bits per heavy atom. The molecule has 0 unspecified atom stereocenters. The molecule has 0 spiro atoms. The SMILES string of the molecule is C[C@@H]1CN(C(=O)Cn2cc(S(=O)(=O)Cc3cccc(F)c3)c3ccccc32)C[C@H](C)O1. The molecule has 6 nitrogen and oxygen atoms in total. The van der Waals surface area contributed by atoms with Gasteiger partial charge < -0.3 is 14.2 Å². The number of morpholine rings is 1. The van der Waals surface area contributed by atoms with Crippen LogP contribution in [-0.2, 0) is 31.7 Å². The van der Waals surface area contributed by atoms with Gasteiger partial charge in [0.15, 0.2) is 9.84 Å². The maximum Gasteiger partial charge on any atom is 0.242 e. The van der Waals surface area contributed by atoms with Crippen LogP contribution in [0.2, 0.25) is 0 Å². The summed E-state index contributed by atoms with van der Waals surface area (Å²) in [5, 5.41) is 0.551. The quantitative estimate of drug-likeness (QED) is 0.605. The number of amides is 1. The third-order valence-corrected chi connectivity index (χ3v) is 7.12. The molecule has 2 aromatic carbocycles. The predicted octanol–water partition coefficient (Wildman–Crippen LogP) is 3.39. The second-order valence-electron chi connectivity index (χ2n) is 8.08. The summed E-state index contributed by atoms with van der Waals surface area (Å²) in [4.78, 5) is 14.8. The maximum absolute atomic E-state index is 13.5. The highest BCUT2D eigenvalue weighted by Crippen LogP contribution is 2.28. The van der Waals surface area contributed by atoms with Crippen molar-refractivity contribution < 1.29 is 22.3 Å². The number of nitrogens with zero attached hydrogens (tertiary/aromatic N) is 2. The maximum atomic E-state index is 13.5. The zero-order valence-electron chi connectivity index (χ0n) is 17.5. The van der Waals surface area contributed by atoms with Gasteiger partial charge in [-0.3, -0.25) is 4.79 Å². The molecule has 1 aliphatic rings. The number of ether oxygens (including phenoxy) is 1. The van der Waals surface area contributed by atoms with E-state index >= 15 is 0 Å². The Bertz CT molecular complexity index is 1210. The van der Waals surface area contributed by atoms with E-state index in [0.29, 0.717) is 29.6 Å². The normalized spacial score (nSPS) is 19.6. The molecule has 0 bridgehead atoms. The zero-order chi connectivity index (χ0) is 22.2. The average molecular weight is 445 g/mol. The first kappa shape index (κ1) is 21.5. The van der Waals surface area contributed by atoms with Gasteiger partial charge in [-0.05, 0) is 37.6 Å². The van der Waals surface area contributed by atoms with E-state index in [1.165, 1.54) is 24.4 Å². The summed E-state index contributed by atoms with van der Waals surface area (Å²) >= 11 is 0. The number of para-hydroxylation sites is 1. The number of benzene rings is 2. The van der Waals surface area contributed by atoms with Crippen LogP contribution in [0.1, 0.15) is 19.4 Å². The van der Waals surface area contributed by atoms with Gasteiger partial charge in [-0.15, -0.1) is 0 Å². The molecule has 0 aliphatic carbocycles. The van der Waals surface area contributed by atoms with Crippen molar-refractivity contribution in [1.29, 1.82) is 0 Å². The van der Waals surface area contributed by atoms with Crippen molar-refractivity contribution in [3.8, 4) is 0 Å². The third kappa shape index (κ3) is 4.65. The second-order valence-corrected chi connectivity index (χ2v) is 10.0. The fraction of sp³-hybridized carbons (Fsp3) is 0.348. The topological polar surface area (TPSA) is 68.6 Å². The van der Waals surface area contributed by atoms with E-state index in [0.717, 1.165) is 0 Å². The Hall–Kier alpha value is -2.71. The lowest BCUT2D eigenvalue weighted by Crippen LogP contribution is -2.49. The summed E-state index contributed by atoms with van der Waals surface area (Å²) in [5.74, 6) is -0.878. The van der Waals surface area contributed by atoms with E-state index in [9.17, 15) is 17.6 Å². The van der Waals surface area contributed by atoms with E-state index < -0.39 is 15.7 Å². The van der Waals surface area contributed by atoms with Gasteiger partial charge in [0.25, 0.3) is 0 Å². The third-order valence-electron chi connectivity index (χ3n) is 5.41. The van der Waals surface area contributed by atoms with Crippen LogP contribution in [-0.4, -0.2) is 49.1 Å². The first-order valence-corrected chi connectivity index (χ1v) is 11.9. The van der Waals surface area contributed by atoms with Crippen LogP contribution in [0.4, 0.5) is 4.39 Å². The van der Waals surface area contributed by atoms with E-state index in [1.54, 1.807) is 33.7 Å². The fourth-order valence-corrected chi connectivity index (χ4v) is 5.71. The highest BCUT2D eigenvalue weighted by Gasteiger charge is 2.27. The summed E-state index contributed by atoms with van der Waals surface area (Å²) in [6.45, 7) is 4.91. The van der Waals surface area contributed by atoms with Crippen LogP contribution in [0.15, 0.2) is 59.6 Å². The van der Waals surface area contributed by atoms with E-state index in [1.807, 2.05) is 19.9 Å². The Balaban J connectivity index is 1.65. The number of carbonyl (C=O) groups excluding carboxylic acids is 1. The van der Waals surface area contributed by atoms with Crippen LogP contribution < -0.4 is 0 Å². The first-order valence-electron chi connectivity index (χ1n) is 10.2. The van der Waals surface area contributed by atoms with Crippen LogP contribution in [0.3, 0.4) is 0 Å². The molecule has 2 heterocycles. The summed E-state index contributed by atoms with van der Waals surface area (Å²) in [6, 6.07) is 12.7. The molecule has 2 atom stereocenters. The summed E-state index contributed by atoms with van der Waals surface area (Å²) in [7, 11) is -3.75. The van der Waals surface area contributed by atoms with Gasteiger partial charge in [0.1, 0.15) is 12.4 Å². The smallest absolute Gasteiger partial charge is 0.242 e. The molecule has 1 saturated heterocycles. The molecular formula is C23H25FN2O4S. The molecule has 0 N–H and O–H groups in total. The minimum Gasteiger partial charge on any atom is -0.372 e. The number of hydrogen-bond donors (Lipinski definition) is 0. The van der Waals surface area contributed by atoms with Crippen molar-refractivity contribution in [2.45, 2.75) is 43.2 Å². The molecule has 3 aromatic rings.